The van der Waals surface area contributed by atoms with E-state index in [0.717, 1.165) is 21.4 Å². The Morgan fingerprint density at radius 3 is 2.59 bits per heavy atom. The zero-order valence-corrected chi connectivity index (χ0v) is 13.8. The quantitative estimate of drug-likeness (QED) is 0.819. The number of rotatable bonds is 2. The van der Waals surface area contributed by atoms with Gasteiger partial charge in [0.2, 0.25) is 0 Å². The molecule has 3 rings (SSSR count). The van der Waals surface area contributed by atoms with Crippen molar-refractivity contribution in [3.8, 4) is 22.8 Å². The number of alkyl halides is 3. The van der Waals surface area contributed by atoms with Crippen LogP contribution >= 0.6 is 0 Å². The molecule has 0 fully saturated rings. The second-order valence-electron chi connectivity index (χ2n) is 5.29. The number of fused-ring (bicyclic) bond motifs is 3. The Balaban J connectivity index is 2.16. The van der Waals surface area contributed by atoms with Crippen molar-refractivity contribution in [3.63, 3.8) is 0 Å². The molecule has 2 heterocycles. The number of aromatic nitrogens is 2. The van der Waals surface area contributed by atoms with Crippen molar-refractivity contribution >= 4 is 19.4 Å². The van der Waals surface area contributed by atoms with Gasteiger partial charge in [0.1, 0.15) is 0 Å². The molecular formula is C14H13F3N2O2Se. The summed E-state index contributed by atoms with van der Waals surface area (Å²) in [6, 6.07) is 2.98. The third kappa shape index (κ3) is 2.57. The van der Waals surface area contributed by atoms with Gasteiger partial charge in [0.05, 0.1) is 0 Å². The molecule has 22 heavy (non-hydrogen) atoms. The van der Waals surface area contributed by atoms with Gasteiger partial charge in [-0.1, -0.05) is 0 Å². The van der Waals surface area contributed by atoms with Crippen LogP contribution in [0, 0.1) is 0 Å². The maximum atomic E-state index is 12.5. The molecule has 0 amide bonds. The predicted octanol–water partition coefficient (Wildman–Crippen LogP) is 2.56. The second kappa shape index (κ2) is 4.93. The van der Waals surface area contributed by atoms with Crippen LogP contribution < -0.4 is 13.9 Å². The number of halogens is 3. The Morgan fingerprint density at radius 2 is 1.95 bits per heavy atom. The van der Waals surface area contributed by atoms with Crippen LogP contribution in [0.2, 0.25) is 0 Å². The molecule has 0 unspecified atom stereocenters. The fraction of sp³-hybridized carbons (Fsp3) is 0.357. The van der Waals surface area contributed by atoms with Crippen molar-refractivity contribution in [1.82, 2.24) is 9.97 Å². The van der Waals surface area contributed by atoms with Crippen LogP contribution in [0.3, 0.4) is 0 Å². The zero-order valence-electron chi connectivity index (χ0n) is 12.0. The van der Waals surface area contributed by atoms with Gasteiger partial charge >= 0.3 is 131 Å². The van der Waals surface area contributed by atoms with Gasteiger partial charge in [-0.3, -0.25) is 0 Å². The van der Waals surface area contributed by atoms with Gasteiger partial charge < -0.3 is 0 Å². The Morgan fingerprint density at radius 1 is 1.23 bits per heavy atom. The van der Waals surface area contributed by atoms with Crippen molar-refractivity contribution < 1.29 is 22.6 Å². The third-order valence-corrected chi connectivity index (χ3v) is 6.02. The predicted molar refractivity (Wildman–Crippen MR) is 75.7 cm³/mol. The summed E-state index contributed by atoms with van der Waals surface area (Å²) in [7, 11) is 1.31. The van der Waals surface area contributed by atoms with Crippen molar-refractivity contribution in [3.05, 3.63) is 24.2 Å². The maximum absolute atomic E-state index is 12.5. The van der Waals surface area contributed by atoms with Crippen molar-refractivity contribution in [2.24, 2.45) is 0 Å². The molecule has 8 heteroatoms. The van der Waals surface area contributed by atoms with E-state index in [9.17, 15) is 13.2 Å². The Hall–Kier alpha value is -1.66. The minimum absolute atomic E-state index is 0.0422. The molecule has 2 aromatic rings. The van der Waals surface area contributed by atoms with Crippen LogP contribution in [0.4, 0.5) is 13.2 Å². The summed E-state index contributed by atoms with van der Waals surface area (Å²) in [5.74, 6) is -0.272. The average molecular weight is 377 g/mol. The van der Waals surface area contributed by atoms with E-state index in [1.807, 2.05) is 13.8 Å². The SMILES string of the molecule is COc1cc2c(cc1OC(F)(F)F)[Se]C(C)(C)c1[nH]cnc1-2. The summed E-state index contributed by atoms with van der Waals surface area (Å²) in [6.07, 6.45) is -3.15. The molecule has 0 atom stereocenters. The first-order valence-electron chi connectivity index (χ1n) is 6.42. The van der Waals surface area contributed by atoms with E-state index >= 15 is 0 Å². The van der Waals surface area contributed by atoms with E-state index in [-0.39, 0.29) is 30.8 Å². The van der Waals surface area contributed by atoms with E-state index in [0.29, 0.717) is 0 Å². The molecule has 1 aromatic carbocycles. The summed E-state index contributed by atoms with van der Waals surface area (Å²) in [5.41, 5.74) is 2.54. The van der Waals surface area contributed by atoms with Crippen LogP contribution in [0.1, 0.15) is 19.5 Å². The summed E-state index contributed by atoms with van der Waals surface area (Å²) < 4.78 is 47.4. The number of H-pyrrole nitrogens is 1. The molecule has 0 saturated heterocycles. The number of nitrogens with one attached hydrogen (secondary N) is 1. The van der Waals surface area contributed by atoms with Gasteiger partial charge in [0.25, 0.3) is 0 Å². The summed E-state index contributed by atoms with van der Waals surface area (Å²) in [4.78, 5) is 7.44. The van der Waals surface area contributed by atoms with Crippen LogP contribution in [0.15, 0.2) is 18.5 Å². The third-order valence-electron chi connectivity index (χ3n) is 3.35. The fourth-order valence-corrected chi connectivity index (χ4v) is 5.06. The van der Waals surface area contributed by atoms with Crippen molar-refractivity contribution in [1.29, 1.82) is 0 Å². The summed E-state index contributed by atoms with van der Waals surface area (Å²) in [6.45, 7) is 4.09. The first kappa shape index (κ1) is 15.2. The molecule has 0 spiro atoms. The van der Waals surface area contributed by atoms with Crippen LogP contribution in [-0.2, 0) is 4.31 Å². The molecule has 0 radical (unpaired) electrons. The Bertz CT molecular complexity index is 725. The van der Waals surface area contributed by atoms with E-state index in [4.69, 9.17) is 4.74 Å². The number of ether oxygens (including phenoxy) is 2. The molecule has 0 aliphatic carbocycles. The van der Waals surface area contributed by atoms with E-state index in [1.165, 1.54) is 13.2 Å². The molecular weight excluding hydrogens is 364 g/mol. The van der Waals surface area contributed by atoms with Crippen molar-refractivity contribution in [2.45, 2.75) is 24.5 Å². The number of hydrogen-bond donors (Lipinski definition) is 1. The van der Waals surface area contributed by atoms with Gasteiger partial charge in [-0.2, -0.15) is 0 Å². The van der Waals surface area contributed by atoms with Crippen LogP contribution in [0.25, 0.3) is 11.3 Å². The van der Waals surface area contributed by atoms with Crippen molar-refractivity contribution in [2.75, 3.05) is 7.11 Å². The molecule has 1 aromatic heterocycles. The van der Waals surface area contributed by atoms with E-state index in [1.54, 1.807) is 12.4 Å². The minimum atomic E-state index is -4.75. The number of hydrogen-bond acceptors (Lipinski definition) is 3. The van der Waals surface area contributed by atoms with Gasteiger partial charge in [0, 0.05) is 0 Å². The van der Waals surface area contributed by atoms with E-state index < -0.39 is 6.36 Å². The van der Waals surface area contributed by atoms with Crippen LogP contribution in [-0.4, -0.2) is 38.4 Å². The standard InChI is InChI=1S/C14H13F3N2O2Se/c1-13(2)12-11(18-6-19-12)7-4-8(20-3)9(5-10(7)22-13)21-14(15,16)17/h4-6H,1-3H3,(H,18,19). The second-order valence-corrected chi connectivity index (χ2v) is 8.78. The molecule has 4 nitrogen and oxygen atoms in total. The topological polar surface area (TPSA) is 47.1 Å². The number of aromatic amines is 1. The summed E-state index contributed by atoms with van der Waals surface area (Å²) >= 11 is -0.0716. The Kier molecular flexibility index (Phi) is 3.41. The van der Waals surface area contributed by atoms with E-state index in [2.05, 4.69) is 14.7 Å². The molecule has 1 N–H and O–H groups in total. The molecule has 1 aliphatic heterocycles. The number of imidazole rings is 1. The van der Waals surface area contributed by atoms with Gasteiger partial charge in [-0.15, -0.1) is 0 Å². The molecule has 0 saturated carbocycles. The Labute approximate surface area is 131 Å². The molecule has 118 valence electrons. The normalized spacial score (nSPS) is 15.9. The number of benzene rings is 1. The monoisotopic (exact) mass is 378 g/mol. The number of methoxy groups -OCH3 is 1. The molecule has 1 aliphatic rings. The molecule has 0 bridgehead atoms. The number of nitrogens with zero attached hydrogens (tertiary/aromatic N) is 1. The van der Waals surface area contributed by atoms with Gasteiger partial charge in [0.15, 0.2) is 0 Å². The van der Waals surface area contributed by atoms with Gasteiger partial charge in [-0.25, -0.2) is 0 Å². The average Bonchev–Trinajstić information content (AvgIpc) is 2.86. The van der Waals surface area contributed by atoms with Crippen LogP contribution in [0.5, 0.6) is 11.5 Å². The fourth-order valence-electron chi connectivity index (χ4n) is 2.46. The summed E-state index contributed by atoms with van der Waals surface area (Å²) in [5, 5.41) is 0. The van der Waals surface area contributed by atoms with Gasteiger partial charge in [-0.05, 0) is 0 Å². The zero-order chi connectivity index (χ0) is 16.1. The first-order chi connectivity index (χ1) is 10.2. The first-order valence-corrected chi connectivity index (χ1v) is 8.13.